The molecule has 1 fully saturated rings. The first kappa shape index (κ1) is 11.0. The fourth-order valence-electron chi connectivity index (χ4n) is 1.90. The highest BCUT2D eigenvalue weighted by molar-refractivity contribution is 7.60. The van der Waals surface area contributed by atoms with Gasteiger partial charge in [0.05, 0.1) is 0 Å². The van der Waals surface area contributed by atoms with E-state index >= 15 is 0 Å². The van der Waals surface area contributed by atoms with Crippen molar-refractivity contribution in [3.63, 3.8) is 0 Å². The maximum Gasteiger partial charge on any atom is 0.569 e. The van der Waals surface area contributed by atoms with E-state index in [1.165, 1.54) is 0 Å². The molecule has 0 radical (unpaired) electrons. The highest BCUT2D eigenvalue weighted by Gasteiger charge is 2.45. The number of hydrogen-bond donors (Lipinski definition) is 0. The van der Waals surface area contributed by atoms with Crippen molar-refractivity contribution in [2.45, 2.75) is 25.7 Å². The van der Waals surface area contributed by atoms with Crippen molar-refractivity contribution in [1.82, 2.24) is 0 Å². The first-order valence-corrected chi connectivity index (χ1v) is 6.25. The topological polar surface area (TPSA) is 0 Å². The van der Waals surface area contributed by atoms with Crippen LogP contribution in [0.5, 0.6) is 0 Å². The summed E-state index contributed by atoms with van der Waals surface area (Å²) >= 11 is 0. The molecule has 0 nitrogen and oxygen atoms in total. The molecule has 0 spiro atoms. The van der Waals surface area contributed by atoms with E-state index in [0.29, 0.717) is 5.92 Å². The van der Waals surface area contributed by atoms with Gasteiger partial charge < -0.3 is 0 Å². The normalized spacial score (nSPS) is 30.1. The van der Waals surface area contributed by atoms with Gasteiger partial charge in [0.1, 0.15) is 0 Å². The van der Waals surface area contributed by atoms with Crippen LogP contribution in [0.25, 0.3) is 0 Å². The van der Waals surface area contributed by atoms with Crippen LogP contribution in [0.3, 0.4) is 0 Å². The Labute approximate surface area is 77.9 Å². The van der Waals surface area contributed by atoms with Crippen LogP contribution in [0.4, 0.5) is 12.6 Å². The highest BCUT2D eigenvalue weighted by Crippen LogP contribution is 2.66. The zero-order valence-corrected chi connectivity index (χ0v) is 8.45. The lowest BCUT2D eigenvalue weighted by Gasteiger charge is -2.24. The van der Waals surface area contributed by atoms with E-state index in [1.807, 2.05) is 6.08 Å². The lowest BCUT2D eigenvalue weighted by Crippen LogP contribution is -2.15. The van der Waals surface area contributed by atoms with Crippen LogP contribution in [0.1, 0.15) is 25.7 Å². The molecule has 0 atom stereocenters. The molecule has 0 saturated heterocycles. The summed E-state index contributed by atoms with van der Waals surface area (Å²) in [6, 6.07) is 0. The van der Waals surface area contributed by atoms with Gasteiger partial charge in [-0.25, -0.2) is 0 Å². The number of halogens is 3. The van der Waals surface area contributed by atoms with Gasteiger partial charge in [0, 0.05) is 18.5 Å². The fraction of sp³-hybridized carbons (Fsp3) is 0.778. The van der Waals surface area contributed by atoms with Gasteiger partial charge in [-0.15, -0.1) is 6.58 Å². The molecule has 4 heteroatoms. The Morgan fingerprint density at radius 1 is 1.15 bits per heavy atom. The van der Waals surface area contributed by atoms with Crippen molar-refractivity contribution in [1.29, 1.82) is 0 Å². The van der Waals surface area contributed by atoms with Gasteiger partial charge in [-0.2, -0.15) is 0 Å². The highest BCUT2D eigenvalue weighted by atomic mass is 31.3. The maximum absolute atomic E-state index is 12.1. The number of rotatable bonds is 3. The van der Waals surface area contributed by atoms with E-state index in [2.05, 4.69) is 6.58 Å². The molecule has 1 aliphatic rings. The van der Waals surface area contributed by atoms with Gasteiger partial charge >= 0.3 is 8.19 Å². The second-order valence-electron chi connectivity index (χ2n) is 3.75. The van der Waals surface area contributed by atoms with E-state index in [0.717, 1.165) is 25.7 Å². The average molecular weight is 211 g/mol. The average Bonchev–Trinajstić information content (AvgIpc) is 2.03. The summed E-state index contributed by atoms with van der Waals surface area (Å²) in [5, 5.41) is 0. The van der Waals surface area contributed by atoms with Crippen LogP contribution in [0.2, 0.25) is 0 Å². The molecule has 0 aliphatic heterocycles. The first-order valence-electron chi connectivity index (χ1n) is 4.61. The van der Waals surface area contributed by atoms with Crippen molar-refractivity contribution in [3.8, 4) is 0 Å². The molecule has 13 heavy (non-hydrogen) atoms. The number of allylic oxidation sites excluding steroid dienone is 1. The minimum absolute atomic E-state index is 0.0930. The molecule has 0 aromatic heterocycles. The first-order chi connectivity index (χ1) is 6.01. The summed E-state index contributed by atoms with van der Waals surface area (Å²) in [5.74, 6) is 0.368. The van der Waals surface area contributed by atoms with Gasteiger partial charge in [-0.1, -0.05) is 6.08 Å². The third-order valence-corrected chi connectivity index (χ3v) is 3.62. The van der Waals surface area contributed by atoms with Crippen LogP contribution in [0.15, 0.2) is 12.7 Å². The zero-order chi connectivity index (χ0) is 9.90. The van der Waals surface area contributed by atoms with Crippen molar-refractivity contribution < 1.29 is 12.6 Å². The molecule has 1 rings (SSSR count). The van der Waals surface area contributed by atoms with Crippen molar-refractivity contribution in [2.75, 3.05) is 6.16 Å². The summed E-state index contributed by atoms with van der Waals surface area (Å²) in [6.45, 7) is 3.67. The van der Waals surface area contributed by atoms with Crippen LogP contribution in [-0.4, -0.2) is 6.16 Å². The largest absolute Gasteiger partial charge is 0.569 e. The second-order valence-corrected chi connectivity index (χ2v) is 5.21. The Morgan fingerprint density at radius 3 is 2.08 bits per heavy atom. The quantitative estimate of drug-likeness (QED) is 0.470. The zero-order valence-electron chi connectivity index (χ0n) is 7.56. The molecule has 0 aromatic carbocycles. The van der Waals surface area contributed by atoms with Gasteiger partial charge in [-0.3, -0.25) is 0 Å². The van der Waals surface area contributed by atoms with Gasteiger partial charge in [-0.05, 0) is 31.6 Å². The molecule has 0 amide bonds. The number of hydrogen-bond acceptors (Lipinski definition) is 0. The molecular formula is C9H15F3P+. The summed E-state index contributed by atoms with van der Waals surface area (Å²) in [6.07, 6.45) is 4.64. The molecular weight excluding hydrogens is 196 g/mol. The van der Waals surface area contributed by atoms with Crippen molar-refractivity contribution in [3.05, 3.63) is 12.7 Å². The summed E-state index contributed by atoms with van der Waals surface area (Å²) < 4.78 is 36.3. The molecule has 1 aliphatic carbocycles. The molecule has 0 N–H and O–H groups in total. The van der Waals surface area contributed by atoms with E-state index in [4.69, 9.17) is 0 Å². The molecule has 0 bridgehead atoms. The molecule has 1 saturated carbocycles. The van der Waals surface area contributed by atoms with Gasteiger partial charge in [0.15, 0.2) is 6.16 Å². The Hall–Kier alpha value is -0.0400. The van der Waals surface area contributed by atoms with Crippen molar-refractivity contribution in [2.24, 2.45) is 11.8 Å². The smallest absolute Gasteiger partial charge is 0.103 e. The summed E-state index contributed by atoms with van der Waals surface area (Å²) in [5.41, 5.74) is 0. The third-order valence-electron chi connectivity index (χ3n) is 2.69. The van der Waals surface area contributed by atoms with E-state index in [1.54, 1.807) is 0 Å². The third kappa shape index (κ3) is 4.12. The Morgan fingerprint density at radius 2 is 1.69 bits per heavy atom. The van der Waals surface area contributed by atoms with E-state index in [-0.39, 0.29) is 5.92 Å². The maximum atomic E-state index is 12.1. The summed E-state index contributed by atoms with van der Waals surface area (Å²) in [7, 11) is -5.04. The second kappa shape index (κ2) is 4.45. The van der Waals surface area contributed by atoms with Crippen LogP contribution in [0, 0.1) is 11.8 Å². The Kier molecular flexibility index (Phi) is 3.78. The predicted octanol–water partition coefficient (Wildman–Crippen LogP) is 4.65. The SMILES string of the molecule is C=CC1CCC(C[P+](F)(F)F)CC1. The molecule has 76 valence electrons. The van der Waals surface area contributed by atoms with Gasteiger partial charge in [0.2, 0.25) is 0 Å². The minimum atomic E-state index is -5.04. The standard InChI is InChI=1S/C9H15F3P/c1-2-8-3-5-9(6-4-8)7-13(10,11)12/h2,8-9H,1,3-7H2/q+1. The monoisotopic (exact) mass is 211 g/mol. The van der Waals surface area contributed by atoms with Crippen LogP contribution < -0.4 is 0 Å². The lowest BCUT2D eigenvalue weighted by atomic mass is 9.83. The summed E-state index contributed by atoms with van der Waals surface area (Å²) in [4.78, 5) is 0. The predicted molar refractivity (Wildman–Crippen MR) is 50.8 cm³/mol. The van der Waals surface area contributed by atoms with Crippen LogP contribution >= 0.6 is 8.19 Å². The molecule has 0 aromatic rings. The lowest BCUT2D eigenvalue weighted by molar-refractivity contribution is 0.325. The van der Waals surface area contributed by atoms with E-state index in [9.17, 15) is 12.6 Å². The minimum Gasteiger partial charge on any atom is -0.103 e. The Bertz CT molecular complexity index is 168. The fourth-order valence-corrected chi connectivity index (χ4v) is 2.85. The van der Waals surface area contributed by atoms with Crippen molar-refractivity contribution >= 4 is 8.19 Å². The van der Waals surface area contributed by atoms with Crippen LogP contribution in [-0.2, 0) is 0 Å². The molecule has 0 unspecified atom stereocenters. The molecule has 0 heterocycles. The Balaban J connectivity index is 2.29. The van der Waals surface area contributed by atoms with E-state index < -0.39 is 14.4 Å². The van der Waals surface area contributed by atoms with Gasteiger partial charge in [0.25, 0.3) is 0 Å².